The van der Waals surface area contributed by atoms with Crippen molar-refractivity contribution in [1.82, 2.24) is 19.7 Å². The molecule has 0 bridgehead atoms. The molecule has 1 aromatic heterocycles. The first-order chi connectivity index (χ1) is 13.1. The lowest BCUT2D eigenvalue weighted by atomic mass is 9.95. The molecule has 27 heavy (non-hydrogen) atoms. The van der Waals surface area contributed by atoms with E-state index in [0.717, 1.165) is 22.9 Å². The first-order valence-corrected chi connectivity index (χ1v) is 10.1. The number of halogens is 1. The van der Waals surface area contributed by atoms with Crippen molar-refractivity contribution in [3.63, 3.8) is 0 Å². The molecule has 0 spiro atoms. The molecular weight excluding hydrogens is 410 g/mol. The van der Waals surface area contributed by atoms with Crippen LogP contribution in [0.4, 0.5) is 5.95 Å². The molecule has 8 heteroatoms. The van der Waals surface area contributed by atoms with E-state index in [0.29, 0.717) is 38.4 Å². The number of hydrogen-bond donors (Lipinski definition) is 1. The fourth-order valence-corrected chi connectivity index (χ4v) is 3.63. The molecule has 1 saturated carbocycles. The normalized spacial score (nSPS) is 17.7. The van der Waals surface area contributed by atoms with Gasteiger partial charge in [0.15, 0.2) is 0 Å². The number of benzene rings is 1. The van der Waals surface area contributed by atoms with E-state index in [4.69, 9.17) is 0 Å². The van der Waals surface area contributed by atoms with E-state index in [1.807, 2.05) is 29.2 Å². The third-order valence-corrected chi connectivity index (χ3v) is 5.66. The second kappa shape index (κ2) is 7.80. The second-order valence-corrected chi connectivity index (χ2v) is 8.17. The van der Waals surface area contributed by atoms with Gasteiger partial charge < -0.3 is 4.90 Å². The van der Waals surface area contributed by atoms with Gasteiger partial charge in [-0.05, 0) is 43.4 Å². The third kappa shape index (κ3) is 4.55. The minimum absolute atomic E-state index is 0.0603. The average molecular weight is 432 g/mol. The fourth-order valence-electron chi connectivity index (χ4n) is 3.37. The van der Waals surface area contributed by atoms with Crippen LogP contribution in [-0.2, 0) is 16.1 Å². The first-order valence-electron chi connectivity index (χ1n) is 9.32. The molecule has 1 saturated heterocycles. The van der Waals surface area contributed by atoms with Gasteiger partial charge in [-0.2, -0.15) is 0 Å². The molecule has 4 rings (SSSR count). The molecule has 7 nitrogen and oxygen atoms in total. The van der Waals surface area contributed by atoms with Crippen LogP contribution in [0.2, 0.25) is 0 Å². The fraction of sp³-hybridized carbons (Fsp3) is 0.474. The van der Waals surface area contributed by atoms with E-state index < -0.39 is 0 Å². The van der Waals surface area contributed by atoms with Crippen molar-refractivity contribution in [2.45, 2.75) is 32.2 Å². The topological polar surface area (TPSA) is 80.1 Å². The Morgan fingerprint density at radius 1 is 1.07 bits per heavy atom. The number of piperidine rings is 1. The number of likely N-dealkylation sites (tertiary alicyclic amines) is 1. The van der Waals surface area contributed by atoms with Gasteiger partial charge in [-0.3, -0.25) is 14.9 Å². The third-order valence-electron chi connectivity index (χ3n) is 5.13. The zero-order valence-corrected chi connectivity index (χ0v) is 16.6. The average Bonchev–Trinajstić information content (AvgIpc) is 3.44. The highest BCUT2D eigenvalue weighted by atomic mass is 79.9. The van der Waals surface area contributed by atoms with Crippen LogP contribution in [0.25, 0.3) is 0 Å². The molecule has 142 valence electrons. The van der Waals surface area contributed by atoms with Crippen molar-refractivity contribution in [2.24, 2.45) is 11.8 Å². The zero-order valence-electron chi connectivity index (χ0n) is 15.0. The highest BCUT2D eigenvalue weighted by Gasteiger charge is 2.36. The van der Waals surface area contributed by atoms with E-state index in [1.165, 1.54) is 0 Å². The molecular formula is C19H22BrN5O2. The summed E-state index contributed by atoms with van der Waals surface area (Å²) in [5, 5.41) is 7.15. The number of carbonyl (C=O) groups is 2. The van der Waals surface area contributed by atoms with E-state index >= 15 is 0 Å². The minimum Gasteiger partial charge on any atom is -0.342 e. The number of rotatable bonds is 5. The smallest absolute Gasteiger partial charge is 0.248 e. The number of nitrogens with zero attached hydrogens (tertiary/aromatic N) is 4. The van der Waals surface area contributed by atoms with Crippen LogP contribution >= 0.6 is 15.9 Å². The van der Waals surface area contributed by atoms with Gasteiger partial charge in [0.25, 0.3) is 0 Å². The number of hydrogen-bond acceptors (Lipinski definition) is 4. The molecule has 0 unspecified atom stereocenters. The van der Waals surface area contributed by atoms with Gasteiger partial charge in [0, 0.05) is 29.4 Å². The Morgan fingerprint density at radius 2 is 1.78 bits per heavy atom. The molecule has 1 aromatic carbocycles. The molecule has 0 radical (unpaired) electrons. The Bertz CT molecular complexity index is 823. The van der Waals surface area contributed by atoms with Crippen LogP contribution in [0.5, 0.6) is 0 Å². The van der Waals surface area contributed by atoms with Gasteiger partial charge in [0.05, 0.1) is 6.54 Å². The Kier molecular flexibility index (Phi) is 5.24. The van der Waals surface area contributed by atoms with Crippen molar-refractivity contribution < 1.29 is 9.59 Å². The van der Waals surface area contributed by atoms with E-state index in [1.54, 1.807) is 11.0 Å². The molecule has 1 aliphatic carbocycles. The summed E-state index contributed by atoms with van der Waals surface area (Å²) in [6.07, 6.45) is 5.06. The maximum Gasteiger partial charge on any atom is 0.248 e. The van der Waals surface area contributed by atoms with Crippen LogP contribution in [0.1, 0.15) is 31.2 Å². The summed E-state index contributed by atoms with van der Waals surface area (Å²) in [7, 11) is 0. The van der Waals surface area contributed by atoms with Crippen molar-refractivity contribution >= 4 is 33.7 Å². The maximum absolute atomic E-state index is 12.5. The van der Waals surface area contributed by atoms with Gasteiger partial charge >= 0.3 is 0 Å². The molecule has 1 aliphatic heterocycles. The van der Waals surface area contributed by atoms with Crippen LogP contribution < -0.4 is 5.32 Å². The number of nitrogens with one attached hydrogen (secondary N) is 1. The predicted molar refractivity (Wildman–Crippen MR) is 104 cm³/mol. The van der Waals surface area contributed by atoms with E-state index in [9.17, 15) is 9.59 Å². The first kappa shape index (κ1) is 18.2. The zero-order chi connectivity index (χ0) is 18.8. The maximum atomic E-state index is 12.5. The summed E-state index contributed by atoms with van der Waals surface area (Å²) in [6.45, 7) is 1.93. The highest BCUT2D eigenvalue weighted by Crippen LogP contribution is 2.32. The van der Waals surface area contributed by atoms with E-state index in [-0.39, 0.29) is 23.7 Å². The molecule has 2 aromatic rings. The quantitative estimate of drug-likeness (QED) is 0.788. The summed E-state index contributed by atoms with van der Waals surface area (Å²) in [5.41, 5.74) is 1.11. The van der Waals surface area contributed by atoms with Crippen molar-refractivity contribution in [3.05, 3.63) is 40.6 Å². The monoisotopic (exact) mass is 431 g/mol. The van der Waals surface area contributed by atoms with Crippen LogP contribution in [0, 0.1) is 11.8 Å². The Morgan fingerprint density at radius 3 is 2.44 bits per heavy atom. The molecule has 2 fully saturated rings. The molecule has 2 aliphatic rings. The Labute approximate surface area is 166 Å². The van der Waals surface area contributed by atoms with Gasteiger partial charge in [0.1, 0.15) is 6.33 Å². The molecule has 1 N–H and O–H groups in total. The molecule has 2 amide bonds. The van der Waals surface area contributed by atoms with Gasteiger partial charge in [-0.15, -0.1) is 5.10 Å². The van der Waals surface area contributed by atoms with Crippen molar-refractivity contribution in [1.29, 1.82) is 0 Å². The summed E-state index contributed by atoms with van der Waals surface area (Å²) >= 11 is 3.42. The number of amides is 2. The lowest BCUT2D eigenvalue weighted by Gasteiger charge is -2.31. The number of anilines is 1. The SMILES string of the molecule is O=C(Nc1ncn(Cc2ccc(Br)cc2)n1)C1CCN(C(=O)C2CC2)CC1. The minimum atomic E-state index is -0.0910. The lowest BCUT2D eigenvalue weighted by Crippen LogP contribution is -2.42. The molecule has 2 heterocycles. The highest BCUT2D eigenvalue weighted by molar-refractivity contribution is 9.10. The van der Waals surface area contributed by atoms with Crippen LogP contribution in [-0.4, -0.2) is 44.6 Å². The predicted octanol–water partition coefficient (Wildman–Crippen LogP) is 2.68. The van der Waals surface area contributed by atoms with Crippen LogP contribution in [0.3, 0.4) is 0 Å². The number of carbonyl (C=O) groups excluding carboxylic acids is 2. The summed E-state index contributed by atoms with van der Waals surface area (Å²) in [4.78, 5) is 30.7. The largest absolute Gasteiger partial charge is 0.342 e. The van der Waals surface area contributed by atoms with Gasteiger partial charge in [0.2, 0.25) is 17.8 Å². The Hall–Kier alpha value is -2.22. The van der Waals surface area contributed by atoms with Gasteiger partial charge in [-0.25, -0.2) is 9.67 Å². The number of aromatic nitrogens is 3. The van der Waals surface area contributed by atoms with Crippen molar-refractivity contribution in [3.8, 4) is 0 Å². The lowest BCUT2D eigenvalue weighted by molar-refractivity contribution is -0.135. The second-order valence-electron chi connectivity index (χ2n) is 7.26. The summed E-state index contributed by atoms with van der Waals surface area (Å²) in [5.74, 6) is 0.687. The van der Waals surface area contributed by atoms with E-state index in [2.05, 4.69) is 31.3 Å². The van der Waals surface area contributed by atoms with Crippen molar-refractivity contribution in [2.75, 3.05) is 18.4 Å². The summed E-state index contributed by atoms with van der Waals surface area (Å²) in [6, 6.07) is 7.99. The molecule has 0 atom stereocenters. The standard InChI is InChI=1S/C19H22BrN5O2/c20-16-5-1-13(2-6-16)11-25-12-21-19(23-25)22-17(26)14-7-9-24(10-8-14)18(27)15-3-4-15/h1-2,5-6,12,14-15H,3-4,7-11H2,(H,22,23,26). The van der Waals surface area contributed by atoms with Crippen LogP contribution in [0.15, 0.2) is 35.1 Å². The summed E-state index contributed by atoms with van der Waals surface area (Å²) < 4.78 is 2.73. The van der Waals surface area contributed by atoms with Gasteiger partial charge in [-0.1, -0.05) is 28.1 Å². The Balaban J connectivity index is 1.28.